The van der Waals surface area contributed by atoms with Gasteiger partial charge in [0.15, 0.2) is 0 Å². The molecular weight excluding hydrogens is 234 g/mol. The van der Waals surface area contributed by atoms with Crippen LogP contribution in [0, 0.1) is 0 Å². The van der Waals surface area contributed by atoms with E-state index in [9.17, 15) is 4.79 Å². The Morgan fingerprint density at radius 1 is 1.50 bits per heavy atom. The van der Waals surface area contributed by atoms with E-state index in [-0.39, 0.29) is 17.3 Å². The van der Waals surface area contributed by atoms with Gasteiger partial charge >= 0.3 is 5.97 Å². The number of nitrogens with zero attached hydrogens (tertiary/aromatic N) is 1. The summed E-state index contributed by atoms with van der Waals surface area (Å²) in [6.07, 6.45) is 0. The van der Waals surface area contributed by atoms with Crippen molar-refractivity contribution in [2.75, 3.05) is 19.8 Å². The van der Waals surface area contributed by atoms with E-state index in [1.165, 1.54) is 6.07 Å². The molecule has 18 heavy (non-hydrogen) atoms. The molecular formula is C13H19NO4. The zero-order chi connectivity index (χ0) is 13.3. The summed E-state index contributed by atoms with van der Waals surface area (Å²) in [5.74, 6) is -0.361. The summed E-state index contributed by atoms with van der Waals surface area (Å²) in [6.45, 7) is 8.44. The van der Waals surface area contributed by atoms with Gasteiger partial charge in [-0.05, 0) is 32.9 Å². The highest BCUT2D eigenvalue weighted by atomic mass is 16.5. The molecule has 1 saturated heterocycles. The molecule has 1 atom stereocenters. The fourth-order valence-corrected chi connectivity index (χ4v) is 2.43. The number of hydrogen-bond donors (Lipinski definition) is 1. The third-order valence-electron chi connectivity index (χ3n) is 3.43. The molecule has 1 aliphatic rings. The lowest BCUT2D eigenvalue weighted by atomic mass is 9.99. The van der Waals surface area contributed by atoms with Crippen LogP contribution >= 0.6 is 0 Å². The Morgan fingerprint density at radius 2 is 2.22 bits per heavy atom. The zero-order valence-electron chi connectivity index (χ0n) is 11.0. The second-order valence-corrected chi connectivity index (χ2v) is 5.24. The number of rotatable bonds is 3. The minimum absolute atomic E-state index is 0.0112. The lowest BCUT2D eigenvalue weighted by Gasteiger charge is -2.44. The summed E-state index contributed by atoms with van der Waals surface area (Å²) in [5, 5.41) is 8.87. The summed E-state index contributed by atoms with van der Waals surface area (Å²) in [7, 11) is 0. The highest BCUT2D eigenvalue weighted by Gasteiger charge is 2.35. The van der Waals surface area contributed by atoms with Crippen LogP contribution in [0.3, 0.4) is 0 Å². The maximum absolute atomic E-state index is 10.8. The molecule has 0 aromatic carbocycles. The second-order valence-electron chi connectivity index (χ2n) is 5.24. The molecule has 2 rings (SSSR count). The van der Waals surface area contributed by atoms with E-state index in [0.29, 0.717) is 19.0 Å². The number of aromatic carboxylic acids is 1. The molecule has 0 radical (unpaired) electrons. The minimum atomic E-state index is -1.03. The highest BCUT2D eigenvalue weighted by Crippen LogP contribution is 2.31. The first-order valence-corrected chi connectivity index (χ1v) is 6.09. The molecule has 1 aromatic heterocycles. The van der Waals surface area contributed by atoms with Gasteiger partial charge in [0.1, 0.15) is 5.76 Å². The van der Waals surface area contributed by atoms with Crippen molar-refractivity contribution >= 4 is 5.97 Å². The molecule has 2 heterocycles. The molecule has 1 fully saturated rings. The van der Waals surface area contributed by atoms with E-state index in [2.05, 4.69) is 18.7 Å². The molecule has 5 nitrogen and oxygen atoms in total. The van der Waals surface area contributed by atoms with Gasteiger partial charge in [-0.25, -0.2) is 4.79 Å². The van der Waals surface area contributed by atoms with Crippen molar-refractivity contribution < 1.29 is 19.1 Å². The SMILES string of the molecule is CC(c1ccc(C(=O)O)o1)N1CCOCC1(C)C. The van der Waals surface area contributed by atoms with E-state index in [4.69, 9.17) is 14.3 Å². The Kier molecular flexibility index (Phi) is 3.45. The van der Waals surface area contributed by atoms with Gasteiger partial charge in [-0.2, -0.15) is 0 Å². The van der Waals surface area contributed by atoms with Crippen LogP contribution < -0.4 is 0 Å². The average molecular weight is 253 g/mol. The molecule has 0 aliphatic carbocycles. The Morgan fingerprint density at radius 3 is 2.78 bits per heavy atom. The van der Waals surface area contributed by atoms with Crippen molar-refractivity contribution in [2.45, 2.75) is 32.4 Å². The third-order valence-corrected chi connectivity index (χ3v) is 3.43. The fraction of sp³-hybridized carbons (Fsp3) is 0.615. The lowest BCUT2D eigenvalue weighted by molar-refractivity contribution is -0.0729. The molecule has 0 bridgehead atoms. The van der Waals surface area contributed by atoms with Gasteiger partial charge in [0.25, 0.3) is 0 Å². The van der Waals surface area contributed by atoms with Gasteiger partial charge in [-0.1, -0.05) is 0 Å². The first-order chi connectivity index (χ1) is 8.42. The zero-order valence-corrected chi connectivity index (χ0v) is 11.0. The summed E-state index contributed by atoms with van der Waals surface area (Å²) in [6, 6.07) is 3.28. The number of ether oxygens (including phenoxy) is 1. The summed E-state index contributed by atoms with van der Waals surface area (Å²) >= 11 is 0. The summed E-state index contributed by atoms with van der Waals surface area (Å²) in [4.78, 5) is 13.1. The van der Waals surface area contributed by atoms with Crippen LogP contribution in [0.4, 0.5) is 0 Å². The molecule has 0 spiro atoms. The van der Waals surface area contributed by atoms with Gasteiger partial charge in [-0.3, -0.25) is 4.90 Å². The van der Waals surface area contributed by atoms with Gasteiger partial charge in [-0.15, -0.1) is 0 Å². The van der Waals surface area contributed by atoms with Gasteiger partial charge in [0, 0.05) is 12.1 Å². The molecule has 1 N–H and O–H groups in total. The lowest BCUT2D eigenvalue weighted by Crippen LogP contribution is -2.53. The monoisotopic (exact) mass is 253 g/mol. The second kappa shape index (κ2) is 4.74. The van der Waals surface area contributed by atoms with E-state index in [0.717, 1.165) is 6.54 Å². The average Bonchev–Trinajstić information content (AvgIpc) is 2.77. The number of morpholine rings is 1. The maximum Gasteiger partial charge on any atom is 0.371 e. The molecule has 1 unspecified atom stereocenters. The first kappa shape index (κ1) is 13.1. The van der Waals surface area contributed by atoms with Gasteiger partial charge in [0.05, 0.1) is 19.3 Å². The van der Waals surface area contributed by atoms with E-state index >= 15 is 0 Å². The summed E-state index contributed by atoms with van der Waals surface area (Å²) in [5.41, 5.74) is -0.0756. The first-order valence-electron chi connectivity index (χ1n) is 6.09. The molecule has 100 valence electrons. The van der Waals surface area contributed by atoms with Crippen molar-refractivity contribution in [3.8, 4) is 0 Å². The fourth-order valence-electron chi connectivity index (χ4n) is 2.43. The Labute approximate surface area is 106 Å². The number of hydrogen-bond acceptors (Lipinski definition) is 4. The van der Waals surface area contributed by atoms with Crippen LogP contribution in [-0.2, 0) is 4.74 Å². The maximum atomic E-state index is 10.8. The van der Waals surface area contributed by atoms with Crippen molar-refractivity contribution in [3.05, 3.63) is 23.7 Å². The van der Waals surface area contributed by atoms with Crippen LogP contribution in [0.15, 0.2) is 16.5 Å². The Hall–Kier alpha value is -1.33. The topological polar surface area (TPSA) is 62.9 Å². The van der Waals surface area contributed by atoms with Crippen LogP contribution in [-0.4, -0.2) is 41.3 Å². The molecule has 5 heteroatoms. The standard InChI is InChI=1S/C13H19NO4/c1-9(10-4-5-11(18-10)12(15)16)14-6-7-17-8-13(14,2)3/h4-5,9H,6-8H2,1-3H3,(H,15,16). The predicted molar refractivity (Wildman–Crippen MR) is 65.7 cm³/mol. The van der Waals surface area contributed by atoms with Crippen molar-refractivity contribution in [1.29, 1.82) is 0 Å². The Balaban J connectivity index is 2.18. The van der Waals surface area contributed by atoms with E-state index in [1.807, 2.05) is 6.92 Å². The molecule has 1 aromatic rings. The number of carboxylic acid groups (broad SMARTS) is 1. The number of furan rings is 1. The van der Waals surface area contributed by atoms with Crippen LogP contribution in [0.5, 0.6) is 0 Å². The minimum Gasteiger partial charge on any atom is -0.475 e. The largest absolute Gasteiger partial charge is 0.475 e. The van der Waals surface area contributed by atoms with Crippen LogP contribution in [0.2, 0.25) is 0 Å². The number of carbonyl (C=O) groups is 1. The van der Waals surface area contributed by atoms with Crippen molar-refractivity contribution in [2.24, 2.45) is 0 Å². The van der Waals surface area contributed by atoms with Gasteiger partial charge in [0.2, 0.25) is 5.76 Å². The molecule has 1 aliphatic heterocycles. The van der Waals surface area contributed by atoms with Crippen molar-refractivity contribution in [1.82, 2.24) is 4.90 Å². The predicted octanol–water partition coefficient (Wildman–Crippen LogP) is 2.15. The molecule has 0 saturated carbocycles. The van der Waals surface area contributed by atoms with Crippen LogP contribution in [0.1, 0.15) is 43.1 Å². The highest BCUT2D eigenvalue weighted by molar-refractivity contribution is 5.84. The molecule has 0 amide bonds. The van der Waals surface area contributed by atoms with Gasteiger partial charge < -0.3 is 14.3 Å². The van der Waals surface area contributed by atoms with Crippen molar-refractivity contribution in [3.63, 3.8) is 0 Å². The van der Waals surface area contributed by atoms with E-state index in [1.54, 1.807) is 6.07 Å². The third kappa shape index (κ3) is 2.42. The normalized spacial score (nSPS) is 21.7. The summed E-state index contributed by atoms with van der Waals surface area (Å²) < 4.78 is 10.8. The number of carboxylic acids is 1. The smallest absolute Gasteiger partial charge is 0.371 e. The quantitative estimate of drug-likeness (QED) is 0.894. The Bertz CT molecular complexity index is 438. The van der Waals surface area contributed by atoms with Crippen LogP contribution in [0.25, 0.3) is 0 Å². The van der Waals surface area contributed by atoms with E-state index < -0.39 is 5.97 Å².